The van der Waals surface area contributed by atoms with Crippen LogP contribution in [0.2, 0.25) is 0 Å². The van der Waals surface area contributed by atoms with Crippen LogP contribution in [0, 0.1) is 5.92 Å². The Kier molecular flexibility index (Phi) is 7.20. The highest BCUT2D eigenvalue weighted by Crippen LogP contribution is 2.08. The first-order valence-electron chi connectivity index (χ1n) is 6.41. The summed E-state index contributed by atoms with van der Waals surface area (Å²) in [6, 6.07) is 0.423. The second kappa shape index (κ2) is 7.25. The van der Waals surface area contributed by atoms with Gasteiger partial charge in [0.05, 0.1) is 5.60 Å². The summed E-state index contributed by atoms with van der Waals surface area (Å²) in [5.74, 6) is 0.693. The van der Waals surface area contributed by atoms with Gasteiger partial charge in [-0.3, -0.25) is 0 Å². The van der Waals surface area contributed by atoms with Crippen LogP contribution in [0.4, 0.5) is 0 Å². The predicted molar refractivity (Wildman–Crippen MR) is 70.7 cm³/mol. The minimum absolute atomic E-state index is 0.423. The van der Waals surface area contributed by atoms with Crippen LogP contribution in [0.25, 0.3) is 0 Å². The van der Waals surface area contributed by atoms with Gasteiger partial charge in [0.2, 0.25) is 0 Å². The molecule has 2 N–H and O–H groups in total. The molecule has 0 aliphatic carbocycles. The van der Waals surface area contributed by atoms with Crippen molar-refractivity contribution in [3.05, 3.63) is 0 Å². The van der Waals surface area contributed by atoms with Crippen molar-refractivity contribution in [2.75, 3.05) is 26.7 Å². The van der Waals surface area contributed by atoms with Gasteiger partial charge in [-0.25, -0.2) is 0 Å². The van der Waals surface area contributed by atoms with Crippen molar-refractivity contribution in [1.82, 2.24) is 10.2 Å². The summed E-state index contributed by atoms with van der Waals surface area (Å²) < 4.78 is 0. The molecule has 98 valence electrons. The smallest absolute Gasteiger partial charge is 0.0869 e. The van der Waals surface area contributed by atoms with Crippen LogP contribution in [0.3, 0.4) is 0 Å². The molecule has 2 atom stereocenters. The third kappa shape index (κ3) is 8.08. The predicted octanol–water partition coefficient (Wildman–Crippen LogP) is 1.71. The van der Waals surface area contributed by atoms with Gasteiger partial charge in [-0.05, 0) is 19.9 Å². The Morgan fingerprint density at radius 3 is 2.31 bits per heavy atom. The average molecular weight is 230 g/mol. The van der Waals surface area contributed by atoms with E-state index in [0.717, 1.165) is 13.1 Å². The molecule has 2 unspecified atom stereocenters. The Morgan fingerprint density at radius 2 is 1.88 bits per heavy atom. The maximum atomic E-state index is 10.2. The van der Waals surface area contributed by atoms with Crippen LogP contribution >= 0.6 is 0 Å². The van der Waals surface area contributed by atoms with E-state index >= 15 is 0 Å². The molecule has 0 aliphatic heterocycles. The summed E-state index contributed by atoms with van der Waals surface area (Å²) in [5, 5.41) is 13.5. The van der Waals surface area contributed by atoms with E-state index in [4.69, 9.17) is 0 Å². The SMILES string of the molecule is CCC(C)CN(C)CC(C)(O)CNC(C)C. The molecule has 0 saturated heterocycles. The topological polar surface area (TPSA) is 35.5 Å². The largest absolute Gasteiger partial charge is 0.388 e. The maximum absolute atomic E-state index is 10.2. The van der Waals surface area contributed by atoms with Gasteiger partial charge in [-0.1, -0.05) is 34.1 Å². The van der Waals surface area contributed by atoms with E-state index in [9.17, 15) is 5.11 Å². The highest BCUT2D eigenvalue weighted by molar-refractivity contribution is 4.80. The number of hydrogen-bond donors (Lipinski definition) is 2. The first-order valence-corrected chi connectivity index (χ1v) is 6.41. The summed E-state index contributed by atoms with van der Waals surface area (Å²) in [5.41, 5.74) is -0.646. The maximum Gasteiger partial charge on any atom is 0.0869 e. The molecule has 3 heteroatoms. The molecule has 0 aromatic heterocycles. The van der Waals surface area contributed by atoms with E-state index < -0.39 is 5.60 Å². The van der Waals surface area contributed by atoms with Crippen molar-refractivity contribution in [1.29, 1.82) is 0 Å². The van der Waals surface area contributed by atoms with Gasteiger partial charge >= 0.3 is 0 Å². The lowest BCUT2D eigenvalue weighted by molar-refractivity contribution is 0.0227. The number of likely N-dealkylation sites (N-methyl/N-ethyl adjacent to an activating group) is 1. The fourth-order valence-corrected chi connectivity index (χ4v) is 1.79. The fraction of sp³-hybridized carbons (Fsp3) is 1.00. The molecule has 0 aromatic rings. The molecule has 0 aliphatic rings. The Bertz CT molecular complexity index is 181. The van der Waals surface area contributed by atoms with E-state index in [1.54, 1.807) is 0 Å². The molecule has 0 radical (unpaired) electrons. The van der Waals surface area contributed by atoms with E-state index in [-0.39, 0.29) is 0 Å². The Morgan fingerprint density at radius 1 is 1.31 bits per heavy atom. The quantitative estimate of drug-likeness (QED) is 0.666. The minimum atomic E-state index is -0.646. The molecule has 0 aromatic carbocycles. The lowest BCUT2D eigenvalue weighted by atomic mass is 10.0. The summed E-state index contributed by atoms with van der Waals surface area (Å²) in [4.78, 5) is 2.22. The van der Waals surface area contributed by atoms with Crippen molar-refractivity contribution in [2.24, 2.45) is 5.92 Å². The van der Waals surface area contributed by atoms with E-state index in [2.05, 4.69) is 45.0 Å². The monoisotopic (exact) mass is 230 g/mol. The highest BCUT2D eigenvalue weighted by Gasteiger charge is 2.22. The van der Waals surface area contributed by atoms with E-state index in [0.29, 0.717) is 18.5 Å². The van der Waals surface area contributed by atoms with Crippen LogP contribution in [-0.2, 0) is 0 Å². The molecule has 0 amide bonds. The van der Waals surface area contributed by atoms with Crippen molar-refractivity contribution >= 4 is 0 Å². The molecule has 16 heavy (non-hydrogen) atoms. The molecule has 0 fully saturated rings. The molecular formula is C13H30N2O. The third-order valence-electron chi connectivity index (χ3n) is 2.82. The normalized spacial score (nSPS) is 17.8. The zero-order valence-corrected chi connectivity index (χ0v) is 11.9. The second-order valence-corrected chi connectivity index (χ2v) is 5.74. The number of rotatable bonds is 8. The first-order chi connectivity index (χ1) is 7.26. The Labute approximate surface area is 101 Å². The zero-order valence-electron chi connectivity index (χ0n) is 11.9. The summed E-state index contributed by atoms with van der Waals surface area (Å²) in [6.07, 6.45) is 1.19. The third-order valence-corrected chi connectivity index (χ3v) is 2.82. The van der Waals surface area contributed by atoms with Crippen molar-refractivity contribution < 1.29 is 5.11 Å². The fourth-order valence-electron chi connectivity index (χ4n) is 1.79. The van der Waals surface area contributed by atoms with Crippen LogP contribution < -0.4 is 5.32 Å². The van der Waals surface area contributed by atoms with E-state index in [1.807, 2.05) is 6.92 Å². The molecule has 3 nitrogen and oxygen atoms in total. The first kappa shape index (κ1) is 15.9. The van der Waals surface area contributed by atoms with Crippen molar-refractivity contribution in [3.63, 3.8) is 0 Å². The molecule has 0 spiro atoms. The van der Waals surface area contributed by atoms with Gasteiger partial charge in [0.15, 0.2) is 0 Å². The second-order valence-electron chi connectivity index (χ2n) is 5.74. The lowest BCUT2D eigenvalue weighted by Crippen LogP contribution is -2.48. The van der Waals surface area contributed by atoms with Crippen LogP contribution in [0.5, 0.6) is 0 Å². The van der Waals surface area contributed by atoms with Gasteiger partial charge in [-0.15, -0.1) is 0 Å². The van der Waals surface area contributed by atoms with Gasteiger partial charge in [0.25, 0.3) is 0 Å². The van der Waals surface area contributed by atoms with Crippen LogP contribution in [-0.4, -0.2) is 48.3 Å². The zero-order chi connectivity index (χ0) is 12.8. The summed E-state index contributed by atoms with van der Waals surface area (Å²) >= 11 is 0. The van der Waals surface area contributed by atoms with Crippen LogP contribution in [0.15, 0.2) is 0 Å². The molecular weight excluding hydrogens is 200 g/mol. The molecule has 0 saturated carbocycles. The summed E-state index contributed by atoms with van der Waals surface area (Å²) in [6.45, 7) is 13.0. The Balaban J connectivity index is 3.94. The molecule has 0 bridgehead atoms. The lowest BCUT2D eigenvalue weighted by Gasteiger charge is -2.31. The summed E-state index contributed by atoms with van der Waals surface area (Å²) in [7, 11) is 2.08. The van der Waals surface area contributed by atoms with Gasteiger partial charge in [0, 0.05) is 25.7 Å². The number of nitrogens with zero attached hydrogens (tertiary/aromatic N) is 1. The Hall–Kier alpha value is -0.120. The number of hydrogen-bond acceptors (Lipinski definition) is 3. The van der Waals surface area contributed by atoms with Crippen molar-refractivity contribution in [2.45, 2.75) is 52.7 Å². The van der Waals surface area contributed by atoms with Gasteiger partial charge in [0.1, 0.15) is 0 Å². The number of aliphatic hydroxyl groups is 1. The van der Waals surface area contributed by atoms with Crippen molar-refractivity contribution in [3.8, 4) is 0 Å². The standard InChI is InChI=1S/C13H30N2O/c1-7-12(4)8-15(6)10-13(5,16)9-14-11(2)3/h11-12,14,16H,7-10H2,1-6H3. The number of nitrogens with one attached hydrogen (secondary N) is 1. The minimum Gasteiger partial charge on any atom is -0.388 e. The molecule has 0 rings (SSSR count). The van der Waals surface area contributed by atoms with Gasteiger partial charge in [-0.2, -0.15) is 0 Å². The highest BCUT2D eigenvalue weighted by atomic mass is 16.3. The van der Waals surface area contributed by atoms with E-state index in [1.165, 1.54) is 6.42 Å². The molecule has 0 heterocycles. The van der Waals surface area contributed by atoms with Gasteiger partial charge < -0.3 is 15.3 Å². The average Bonchev–Trinajstić information content (AvgIpc) is 2.13. The van der Waals surface area contributed by atoms with Crippen LogP contribution in [0.1, 0.15) is 41.0 Å².